The molecule has 3 heterocycles. The van der Waals surface area contributed by atoms with Crippen molar-refractivity contribution >= 4 is 16.6 Å². The topological polar surface area (TPSA) is 92.2 Å². The number of para-hydroxylation sites is 2. The number of rotatable bonds is 6. The van der Waals surface area contributed by atoms with Gasteiger partial charge in [-0.1, -0.05) is 37.1 Å². The molecular weight excluding hydrogens is 478 g/mol. The van der Waals surface area contributed by atoms with E-state index in [1.165, 1.54) is 12.8 Å². The molecule has 2 aliphatic rings. The molecule has 1 N–H and O–H groups in total. The molecule has 1 saturated heterocycles. The van der Waals surface area contributed by atoms with Crippen LogP contribution in [0, 0.1) is 13.8 Å². The summed E-state index contributed by atoms with van der Waals surface area (Å²) >= 11 is 0. The zero-order valence-electron chi connectivity index (χ0n) is 22.4. The molecule has 2 aromatic heterocycles. The molecule has 0 amide bonds. The molecule has 2 aromatic carbocycles. The number of tetrazole rings is 1. The van der Waals surface area contributed by atoms with Crippen molar-refractivity contribution in [1.82, 2.24) is 30.1 Å². The van der Waals surface area contributed by atoms with Crippen LogP contribution in [-0.2, 0) is 0 Å². The van der Waals surface area contributed by atoms with Crippen molar-refractivity contribution < 1.29 is 4.74 Å². The van der Waals surface area contributed by atoms with Crippen molar-refractivity contribution in [3.05, 3.63) is 75.3 Å². The standard InChI is InChI=1S/C29H35N7O2/c1-19-12-13-21-18-23(29(37)30-26(21)20(19)2)27(28-31-32-33-36(28)22-8-4-5-9-22)35-16-14-34(15-17-35)24-10-6-7-11-25(24)38-3/h6-7,10-13,18,22,27H,4-5,8-9,14-17H2,1-3H3,(H,30,37)/t27-/m0/s1. The first-order chi connectivity index (χ1) is 18.5. The smallest absolute Gasteiger partial charge is 0.253 e. The Hall–Kier alpha value is -3.72. The zero-order valence-corrected chi connectivity index (χ0v) is 22.4. The average molecular weight is 514 g/mol. The lowest BCUT2D eigenvalue weighted by atomic mass is 9.99. The molecule has 1 atom stereocenters. The van der Waals surface area contributed by atoms with Crippen LogP contribution in [0.5, 0.6) is 5.75 Å². The Morgan fingerprint density at radius 1 is 1.03 bits per heavy atom. The molecule has 0 spiro atoms. The number of nitrogens with one attached hydrogen (secondary N) is 1. The molecule has 9 heteroatoms. The number of methoxy groups -OCH3 is 1. The van der Waals surface area contributed by atoms with Crippen LogP contribution < -0.4 is 15.2 Å². The fourth-order valence-electron chi connectivity index (χ4n) is 6.15. The monoisotopic (exact) mass is 513 g/mol. The maximum absolute atomic E-state index is 13.7. The normalized spacial score (nSPS) is 17.8. The van der Waals surface area contributed by atoms with Gasteiger partial charge in [-0.25, -0.2) is 4.68 Å². The second-order valence-electron chi connectivity index (χ2n) is 10.5. The van der Waals surface area contributed by atoms with Gasteiger partial charge in [-0.15, -0.1) is 5.10 Å². The van der Waals surface area contributed by atoms with Crippen molar-refractivity contribution in [2.24, 2.45) is 0 Å². The van der Waals surface area contributed by atoms with Crippen molar-refractivity contribution in [3.8, 4) is 5.75 Å². The lowest BCUT2D eigenvalue weighted by molar-refractivity contribution is 0.196. The van der Waals surface area contributed by atoms with Gasteiger partial charge in [0.15, 0.2) is 5.82 Å². The van der Waals surface area contributed by atoms with Gasteiger partial charge in [0.25, 0.3) is 5.56 Å². The summed E-state index contributed by atoms with van der Waals surface area (Å²) in [6.45, 7) is 7.29. The number of aryl methyl sites for hydroxylation is 2. The Morgan fingerprint density at radius 2 is 1.79 bits per heavy atom. The molecule has 1 aliphatic heterocycles. The first-order valence-corrected chi connectivity index (χ1v) is 13.6. The fraction of sp³-hybridized carbons (Fsp3) is 0.448. The fourth-order valence-corrected chi connectivity index (χ4v) is 6.15. The third-order valence-electron chi connectivity index (χ3n) is 8.41. The van der Waals surface area contributed by atoms with Crippen LogP contribution in [0.3, 0.4) is 0 Å². The molecule has 0 bridgehead atoms. The molecule has 0 unspecified atom stereocenters. The third kappa shape index (κ3) is 4.34. The number of nitrogens with zero attached hydrogens (tertiary/aromatic N) is 6. The second kappa shape index (κ2) is 10.2. The molecule has 2 fully saturated rings. The number of H-pyrrole nitrogens is 1. The molecule has 9 nitrogen and oxygen atoms in total. The highest BCUT2D eigenvalue weighted by molar-refractivity contribution is 5.83. The molecule has 1 aliphatic carbocycles. The quantitative estimate of drug-likeness (QED) is 0.414. The Morgan fingerprint density at radius 3 is 2.55 bits per heavy atom. The van der Waals surface area contributed by atoms with E-state index in [9.17, 15) is 4.79 Å². The number of hydrogen-bond acceptors (Lipinski definition) is 7. The average Bonchev–Trinajstić information content (AvgIpc) is 3.65. The van der Waals surface area contributed by atoms with Gasteiger partial charge < -0.3 is 14.6 Å². The molecule has 6 rings (SSSR count). The first-order valence-electron chi connectivity index (χ1n) is 13.6. The minimum absolute atomic E-state index is 0.0793. The summed E-state index contributed by atoms with van der Waals surface area (Å²) in [5.41, 5.74) is 4.87. The zero-order chi connectivity index (χ0) is 26.2. The van der Waals surface area contributed by atoms with Gasteiger partial charge in [0.1, 0.15) is 11.8 Å². The van der Waals surface area contributed by atoms with Crippen LogP contribution >= 0.6 is 0 Å². The van der Waals surface area contributed by atoms with Crippen molar-refractivity contribution in [3.63, 3.8) is 0 Å². The van der Waals surface area contributed by atoms with Crippen molar-refractivity contribution in [2.45, 2.75) is 51.6 Å². The highest BCUT2D eigenvalue weighted by atomic mass is 16.5. The number of pyridine rings is 1. The molecule has 198 valence electrons. The molecule has 4 aromatic rings. The predicted octanol–water partition coefficient (Wildman–Crippen LogP) is 4.17. The summed E-state index contributed by atoms with van der Waals surface area (Å²) in [5.74, 6) is 1.63. The molecule has 38 heavy (non-hydrogen) atoms. The van der Waals surface area contributed by atoms with Crippen LogP contribution in [0.2, 0.25) is 0 Å². The van der Waals surface area contributed by atoms with Gasteiger partial charge in [0.05, 0.1) is 24.4 Å². The van der Waals surface area contributed by atoms with Gasteiger partial charge in [-0.2, -0.15) is 0 Å². The number of hydrogen-bond donors (Lipinski definition) is 1. The van der Waals surface area contributed by atoms with Crippen LogP contribution in [0.15, 0.2) is 47.3 Å². The summed E-state index contributed by atoms with van der Waals surface area (Å²) < 4.78 is 7.61. The Kier molecular flexibility index (Phi) is 6.61. The predicted molar refractivity (Wildman–Crippen MR) is 148 cm³/mol. The Bertz CT molecular complexity index is 1500. The number of benzene rings is 2. The van der Waals surface area contributed by atoms with Crippen molar-refractivity contribution in [1.29, 1.82) is 0 Å². The lowest BCUT2D eigenvalue weighted by Crippen LogP contribution is -2.49. The third-order valence-corrected chi connectivity index (χ3v) is 8.41. The summed E-state index contributed by atoms with van der Waals surface area (Å²) in [6.07, 6.45) is 4.50. The first kappa shape index (κ1) is 24.6. The van der Waals surface area contributed by atoms with Gasteiger partial charge in [-0.3, -0.25) is 9.69 Å². The Balaban J connectivity index is 1.40. The second-order valence-corrected chi connectivity index (χ2v) is 10.5. The van der Waals surface area contributed by atoms with E-state index in [0.717, 1.165) is 78.3 Å². The number of anilines is 1. The molecule has 0 radical (unpaired) electrons. The number of ether oxygens (including phenoxy) is 1. The van der Waals surface area contributed by atoms with E-state index in [1.807, 2.05) is 28.9 Å². The summed E-state index contributed by atoms with van der Waals surface area (Å²) in [5, 5.41) is 14.1. The number of aromatic nitrogens is 5. The largest absolute Gasteiger partial charge is 0.495 e. The van der Waals surface area contributed by atoms with Crippen LogP contribution in [-0.4, -0.2) is 63.4 Å². The minimum Gasteiger partial charge on any atom is -0.495 e. The Labute approximate surface area is 222 Å². The van der Waals surface area contributed by atoms with E-state index in [-0.39, 0.29) is 17.6 Å². The van der Waals surface area contributed by atoms with Gasteiger partial charge >= 0.3 is 0 Å². The number of piperazine rings is 1. The van der Waals surface area contributed by atoms with Gasteiger partial charge in [-0.05, 0) is 71.8 Å². The molecule has 1 saturated carbocycles. The van der Waals surface area contributed by atoms with E-state index < -0.39 is 0 Å². The maximum atomic E-state index is 13.7. The highest BCUT2D eigenvalue weighted by Gasteiger charge is 2.35. The van der Waals surface area contributed by atoms with E-state index in [4.69, 9.17) is 4.74 Å². The maximum Gasteiger partial charge on any atom is 0.253 e. The minimum atomic E-state index is -0.333. The van der Waals surface area contributed by atoms with Crippen LogP contribution in [0.1, 0.15) is 60.3 Å². The summed E-state index contributed by atoms with van der Waals surface area (Å²) in [7, 11) is 1.71. The van der Waals surface area contributed by atoms with E-state index in [1.54, 1.807) is 7.11 Å². The van der Waals surface area contributed by atoms with Gasteiger partial charge in [0.2, 0.25) is 0 Å². The molecular formula is C29H35N7O2. The lowest BCUT2D eigenvalue weighted by Gasteiger charge is -2.40. The summed E-state index contributed by atoms with van der Waals surface area (Å²) in [4.78, 5) is 21.6. The van der Waals surface area contributed by atoms with Gasteiger partial charge in [0, 0.05) is 31.7 Å². The van der Waals surface area contributed by atoms with E-state index in [0.29, 0.717) is 5.56 Å². The van der Waals surface area contributed by atoms with Crippen LogP contribution in [0.4, 0.5) is 5.69 Å². The van der Waals surface area contributed by atoms with E-state index in [2.05, 4.69) is 62.4 Å². The van der Waals surface area contributed by atoms with E-state index >= 15 is 0 Å². The number of aromatic amines is 1. The highest BCUT2D eigenvalue weighted by Crippen LogP contribution is 2.35. The summed E-state index contributed by atoms with van der Waals surface area (Å²) in [6, 6.07) is 14.3. The SMILES string of the molecule is COc1ccccc1N1CCN([C@@H](c2cc3ccc(C)c(C)c3[nH]c2=O)c2nnnn2C2CCCC2)CC1. The van der Waals surface area contributed by atoms with Crippen molar-refractivity contribution in [2.75, 3.05) is 38.2 Å². The number of fused-ring (bicyclic) bond motifs is 1. The van der Waals surface area contributed by atoms with Crippen LogP contribution in [0.25, 0.3) is 10.9 Å².